The SMILES string of the molecule is CC(NCc1nc2ccsc2c(=O)[nH]1)c1ccc(-n2ccnc2)cc1. The molecule has 0 fully saturated rings. The molecule has 0 aliphatic carbocycles. The van der Waals surface area contributed by atoms with Crippen molar-refractivity contribution in [1.29, 1.82) is 0 Å². The summed E-state index contributed by atoms with van der Waals surface area (Å²) in [6.45, 7) is 2.60. The average Bonchev–Trinajstić information content (AvgIpc) is 3.31. The summed E-state index contributed by atoms with van der Waals surface area (Å²) in [5.74, 6) is 0.651. The van der Waals surface area contributed by atoms with Crippen molar-refractivity contribution >= 4 is 21.6 Å². The van der Waals surface area contributed by atoms with Gasteiger partial charge in [-0.2, -0.15) is 0 Å². The van der Waals surface area contributed by atoms with E-state index in [1.165, 1.54) is 16.9 Å². The van der Waals surface area contributed by atoms with Gasteiger partial charge in [0.05, 0.1) is 18.4 Å². The molecule has 0 aliphatic heterocycles. The minimum Gasteiger partial charge on any atom is -0.308 e. The van der Waals surface area contributed by atoms with E-state index < -0.39 is 0 Å². The summed E-state index contributed by atoms with van der Waals surface area (Å²) < 4.78 is 2.64. The summed E-state index contributed by atoms with van der Waals surface area (Å²) in [5, 5.41) is 5.29. The largest absolute Gasteiger partial charge is 0.308 e. The fourth-order valence-corrected chi connectivity index (χ4v) is 3.45. The zero-order chi connectivity index (χ0) is 17.2. The Labute approximate surface area is 148 Å². The van der Waals surface area contributed by atoms with Gasteiger partial charge in [0.25, 0.3) is 5.56 Å². The first kappa shape index (κ1) is 15.7. The highest BCUT2D eigenvalue weighted by Gasteiger charge is 2.08. The summed E-state index contributed by atoms with van der Waals surface area (Å²) in [6, 6.07) is 10.3. The van der Waals surface area contributed by atoms with Gasteiger partial charge in [-0.25, -0.2) is 9.97 Å². The molecule has 4 aromatic rings. The number of aromatic nitrogens is 4. The Morgan fingerprint density at radius 2 is 2.12 bits per heavy atom. The van der Waals surface area contributed by atoms with E-state index in [4.69, 9.17) is 0 Å². The Bertz CT molecular complexity index is 1030. The Hall–Kier alpha value is -2.77. The molecule has 0 saturated carbocycles. The number of benzene rings is 1. The molecule has 3 heterocycles. The molecule has 0 bridgehead atoms. The van der Waals surface area contributed by atoms with Crippen LogP contribution in [0.5, 0.6) is 0 Å². The number of H-pyrrole nitrogens is 1. The fourth-order valence-electron chi connectivity index (χ4n) is 2.72. The van der Waals surface area contributed by atoms with Crippen molar-refractivity contribution in [3.8, 4) is 5.69 Å². The van der Waals surface area contributed by atoms with Gasteiger partial charge in [-0.3, -0.25) is 4.79 Å². The molecule has 126 valence electrons. The molecule has 3 aromatic heterocycles. The highest BCUT2D eigenvalue weighted by Crippen LogP contribution is 2.17. The topological polar surface area (TPSA) is 75.6 Å². The number of fused-ring (bicyclic) bond motifs is 1. The summed E-state index contributed by atoms with van der Waals surface area (Å²) in [4.78, 5) is 23.4. The first-order valence-electron chi connectivity index (χ1n) is 7.99. The Morgan fingerprint density at radius 3 is 2.88 bits per heavy atom. The molecule has 0 spiro atoms. The Kier molecular flexibility index (Phi) is 4.17. The van der Waals surface area contributed by atoms with Crippen LogP contribution in [0.3, 0.4) is 0 Å². The van der Waals surface area contributed by atoms with Crippen molar-refractivity contribution in [2.45, 2.75) is 19.5 Å². The van der Waals surface area contributed by atoms with Gasteiger partial charge in [0.1, 0.15) is 10.5 Å². The molecule has 1 unspecified atom stereocenters. The van der Waals surface area contributed by atoms with E-state index in [1.807, 2.05) is 22.2 Å². The van der Waals surface area contributed by atoms with Crippen LogP contribution in [0, 0.1) is 0 Å². The van der Waals surface area contributed by atoms with Crippen molar-refractivity contribution in [3.05, 3.63) is 76.2 Å². The predicted molar refractivity (Wildman–Crippen MR) is 99.1 cm³/mol. The molecule has 1 aromatic carbocycles. The van der Waals surface area contributed by atoms with E-state index in [-0.39, 0.29) is 11.6 Å². The zero-order valence-corrected chi connectivity index (χ0v) is 14.5. The molecule has 4 rings (SSSR count). The molecular formula is C18H17N5OS. The predicted octanol–water partition coefficient (Wildman–Crippen LogP) is 3.02. The third-order valence-corrected chi connectivity index (χ3v) is 5.04. The van der Waals surface area contributed by atoms with Crippen molar-refractivity contribution < 1.29 is 0 Å². The second-order valence-electron chi connectivity index (χ2n) is 5.81. The molecule has 7 heteroatoms. The van der Waals surface area contributed by atoms with Crippen LogP contribution in [0.15, 0.2) is 59.2 Å². The van der Waals surface area contributed by atoms with Crippen LogP contribution in [0.4, 0.5) is 0 Å². The number of nitrogens with zero attached hydrogens (tertiary/aromatic N) is 3. The smallest absolute Gasteiger partial charge is 0.268 e. The maximum Gasteiger partial charge on any atom is 0.268 e. The average molecular weight is 351 g/mol. The van der Waals surface area contributed by atoms with E-state index in [1.54, 1.807) is 12.5 Å². The summed E-state index contributed by atoms with van der Waals surface area (Å²) in [7, 11) is 0. The molecule has 1 atom stereocenters. The van der Waals surface area contributed by atoms with Crippen LogP contribution in [0.1, 0.15) is 24.4 Å². The molecule has 0 amide bonds. The quantitative estimate of drug-likeness (QED) is 0.579. The molecule has 2 N–H and O–H groups in total. The van der Waals surface area contributed by atoms with Crippen LogP contribution < -0.4 is 10.9 Å². The van der Waals surface area contributed by atoms with Crippen LogP contribution in [-0.4, -0.2) is 19.5 Å². The molecule has 25 heavy (non-hydrogen) atoms. The minimum atomic E-state index is -0.0749. The zero-order valence-electron chi connectivity index (χ0n) is 13.6. The molecule has 0 aliphatic rings. The molecule has 0 saturated heterocycles. The third-order valence-electron chi connectivity index (χ3n) is 4.14. The van der Waals surface area contributed by atoms with E-state index in [2.05, 4.69) is 51.5 Å². The molecule has 0 radical (unpaired) electrons. The van der Waals surface area contributed by atoms with Gasteiger partial charge in [-0.1, -0.05) is 12.1 Å². The van der Waals surface area contributed by atoms with Crippen molar-refractivity contribution in [1.82, 2.24) is 24.8 Å². The van der Waals surface area contributed by atoms with E-state index in [9.17, 15) is 4.79 Å². The van der Waals surface area contributed by atoms with Gasteiger partial charge in [0.15, 0.2) is 0 Å². The minimum absolute atomic E-state index is 0.0749. The Balaban J connectivity index is 1.46. The van der Waals surface area contributed by atoms with Crippen LogP contribution in [-0.2, 0) is 6.54 Å². The maximum absolute atomic E-state index is 12.0. The second kappa shape index (κ2) is 6.62. The lowest BCUT2D eigenvalue weighted by atomic mass is 10.1. The van der Waals surface area contributed by atoms with Gasteiger partial charge in [-0.05, 0) is 36.1 Å². The summed E-state index contributed by atoms with van der Waals surface area (Å²) in [5.41, 5.74) is 2.92. The van der Waals surface area contributed by atoms with Gasteiger partial charge < -0.3 is 14.9 Å². The number of rotatable bonds is 5. The second-order valence-corrected chi connectivity index (χ2v) is 6.73. The fraction of sp³-hybridized carbons (Fsp3) is 0.167. The summed E-state index contributed by atoms with van der Waals surface area (Å²) >= 11 is 1.41. The van der Waals surface area contributed by atoms with Crippen LogP contribution in [0.25, 0.3) is 15.9 Å². The normalized spacial score (nSPS) is 12.5. The highest BCUT2D eigenvalue weighted by atomic mass is 32.1. The van der Waals surface area contributed by atoms with Crippen molar-refractivity contribution in [2.75, 3.05) is 0 Å². The van der Waals surface area contributed by atoms with Crippen molar-refractivity contribution in [2.24, 2.45) is 0 Å². The number of hydrogen-bond acceptors (Lipinski definition) is 5. The van der Waals surface area contributed by atoms with Gasteiger partial charge >= 0.3 is 0 Å². The first-order chi connectivity index (χ1) is 12.2. The standard InChI is InChI=1S/C18H17N5OS/c1-12(13-2-4-14(5-3-13)23-8-7-19-11-23)20-10-16-21-15-6-9-25-17(15)18(24)22-16/h2-9,11-12,20H,10H2,1H3,(H,21,22,24). The summed E-state index contributed by atoms with van der Waals surface area (Å²) in [6.07, 6.45) is 5.45. The Morgan fingerprint density at radius 1 is 1.28 bits per heavy atom. The highest BCUT2D eigenvalue weighted by molar-refractivity contribution is 7.17. The number of nitrogens with one attached hydrogen (secondary N) is 2. The van der Waals surface area contributed by atoms with E-state index in [0.29, 0.717) is 17.1 Å². The number of thiophene rings is 1. The van der Waals surface area contributed by atoms with Crippen LogP contribution in [0.2, 0.25) is 0 Å². The maximum atomic E-state index is 12.0. The lowest BCUT2D eigenvalue weighted by Crippen LogP contribution is -2.22. The molecule has 6 nitrogen and oxygen atoms in total. The number of hydrogen-bond donors (Lipinski definition) is 2. The van der Waals surface area contributed by atoms with Crippen molar-refractivity contribution in [3.63, 3.8) is 0 Å². The van der Waals surface area contributed by atoms with Gasteiger partial charge in [0.2, 0.25) is 0 Å². The lowest BCUT2D eigenvalue weighted by molar-refractivity contribution is 0.559. The number of imidazole rings is 1. The molecular weight excluding hydrogens is 334 g/mol. The van der Waals surface area contributed by atoms with Gasteiger partial charge in [0, 0.05) is 24.1 Å². The van der Waals surface area contributed by atoms with Crippen LogP contribution >= 0.6 is 11.3 Å². The first-order valence-corrected chi connectivity index (χ1v) is 8.87. The third kappa shape index (κ3) is 3.24. The van der Waals surface area contributed by atoms with E-state index >= 15 is 0 Å². The number of aromatic amines is 1. The lowest BCUT2D eigenvalue weighted by Gasteiger charge is -2.14. The van der Waals surface area contributed by atoms with E-state index in [0.717, 1.165) is 11.2 Å². The monoisotopic (exact) mass is 351 g/mol. The van der Waals surface area contributed by atoms with Gasteiger partial charge in [-0.15, -0.1) is 11.3 Å².